The van der Waals surface area contributed by atoms with Gasteiger partial charge in [0.15, 0.2) is 0 Å². The first-order valence-electron chi connectivity index (χ1n) is 3.63. The van der Waals surface area contributed by atoms with E-state index in [-0.39, 0.29) is 5.91 Å². The second kappa shape index (κ2) is 8.64. The summed E-state index contributed by atoms with van der Waals surface area (Å²) < 4.78 is 1.11. The summed E-state index contributed by atoms with van der Waals surface area (Å²) in [5, 5.41) is 2.86. The molecule has 0 heterocycles. The highest BCUT2D eigenvalue weighted by Crippen LogP contribution is 1.94. The van der Waals surface area contributed by atoms with Crippen LogP contribution in [-0.4, -0.2) is 28.9 Å². The lowest BCUT2D eigenvalue weighted by Gasteiger charge is -2.01. The Morgan fingerprint density at radius 2 is 2.36 bits per heavy atom. The van der Waals surface area contributed by atoms with Gasteiger partial charge in [0, 0.05) is 23.1 Å². The van der Waals surface area contributed by atoms with Gasteiger partial charge < -0.3 is 5.32 Å². The van der Waals surface area contributed by atoms with Crippen molar-refractivity contribution in [1.29, 1.82) is 0 Å². The first-order chi connectivity index (χ1) is 5.31. The molecule has 1 N–H and O–H groups in total. The monoisotopic (exact) mass is 287 g/mol. The number of carbonyl (C=O) groups is 1. The second-order valence-electron chi connectivity index (χ2n) is 2.14. The van der Waals surface area contributed by atoms with Crippen molar-refractivity contribution in [2.45, 2.75) is 12.8 Å². The van der Waals surface area contributed by atoms with Crippen LogP contribution in [0.1, 0.15) is 12.8 Å². The third-order valence-corrected chi connectivity index (χ3v) is 2.54. The van der Waals surface area contributed by atoms with Crippen LogP contribution in [0.4, 0.5) is 0 Å². The summed E-state index contributed by atoms with van der Waals surface area (Å²) in [5.74, 6) is 1.11. The smallest absolute Gasteiger partial charge is 0.220 e. The van der Waals surface area contributed by atoms with Crippen LogP contribution in [0.15, 0.2) is 0 Å². The number of nitrogens with one attached hydrogen (secondary N) is 1. The lowest BCUT2D eigenvalue weighted by molar-refractivity contribution is -0.120. The number of hydrogen-bond donors (Lipinski definition) is 1. The van der Waals surface area contributed by atoms with Crippen LogP contribution in [0.2, 0.25) is 0 Å². The molecule has 0 rings (SSSR count). The minimum atomic E-state index is 0.184. The zero-order valence-corrected chi connectivity index (χ0v) is 9.70. The Kier molecular flexibility index (Phi) is 9.08. The van der Waals surface area contributed by atoms with Gasteiger partial charge >= 0.3 is 0 Å². The van der Waals surface area contributed by atoms with Crippen LogP contribution in [0.3, 0.4) is 0 Å². The summed E-state index contributed by atoms with van der Waals surface area (Å²) in [6.45, 7) is 0.830. The standard InChI is InChI=1S/C7H14INOS/c1-11-6-3-7(10)9-5-2-4-8/h2-6H2,1H3,(H,9,10). The van der Waals surface area contributed by atoms with Crippen molar-refractivity contribution < 1.29 is 4.79 Å². The van der Waals surface area contributed by atoms with Gasteiger partial charge in [0.1, 0.15) is 0 Å². The SMILES string of the molecule is CSCCC(=O)NCCCI. The minimum Gasteiger partial charge on any atom is -0.356 e. The molecule has 66 valence electrons. The minimum absolute atomic E-state index is 0.184. The summed E-state index contributed by atoms with van der Waals surface area (Å²) in [6, 6.07) is 0. The third kappa shape index (κ3) is 8.46. The molecule has 0 atom stereocenters. The van der Waals surface area contributed by atoms with Gasteiger partial charge in [0.25, 0.3) is 0 Å². The molecule has 0 aromatic carbocycles. The van der Waals surface area contributed by atoms with Gasteiger partial charge in [-0.2, -0.15) is 11.8 Å². The zero-order chi connectivity index (χ0) is 8.53. The maximum absolute atomic E-state index is 10.9. The van der Waals surface area contributed by atoms with Crippen LogP contribution < -0.4 is 5.32 Å². The van der Waals surface area contributed by atoms with Crippen molar-refractivity contribution >= 4 is 40.3 Å². The number of amides is 1. The second-order valence-corrected chi connectivity index (χ2v) is 4.20. The first-order valence-corrected chi connectivity index (χ1v) is 6.54. The van der Waals surface area contributed by atoms with E-state index in [1.54, 1.807) is 11.8 Å². The molecule has 2 nitrogen and oxygen atoms in total. The van der Waals surface area contributed by atoms with Crippen LogP contribution in [0.5, 0.6) is 0 Å². The van der Waals surface area contributed by atoms with E-state index in [1.165, 1.54) is 0 Å². The van der Waals surface area contributed by atoms with E-state index in [0.29, 0.717) is 6.42 Å². The van der Waals surface area contributed by atoms with Gasteiger partial charge in [0.2, 0.25) is 5.91 Å². The predicted molar refractivity (Wildman–Crippen MR) is 59.5 cm³/mol. The largest absolute Gasteiger partial charge is 0.356 e. The lowest BCUT2D eigenvalue weighted by atomic mass is 10.4. The highest BCUT2D eigenvalue weighted by Gasteiger charge is 1.97. The van der Waals surface area contributed by atoms with Gasteiger partial charge in [-0.1, -0.05) is 22.6 Å². The molecule has 1 amide bonds. The number of hydrogen-bond acceptors (Lipinski definition) is 2. The Hall–Kier alpha value is 0.550. The van der Waals surface area contributed by atoms with Gasteiger partial charge in [0.05, 0.1) is 0 Å². The van der Waals surface area contributed by atoms with Gasteiger partial charge in [-0.05, 0) is 12.7 Å². The molecule has 0 unspecified atom stereocenters. The number of alkyl halides is 1. The summed E-state index contributed by atoms with van der Waals surface area (Å²) in [7, 11) is 0. The van der Waals surface area contributed by atoms with E-state index < -0.39 is 0 Å². The van der Waals surface area contributed by atoms with Crippen LogP contribution in [0.25, 0.3) is 0 Å². The van der Waals surface area contributed by atoms with Gasteiger partial charge in [-0.15, -0.1) is 0 Å². The Morgan fingerprint density at radius 1 is 1.64 bits per heavy atom. The number of halogens is 1. The summed E-state index contributed by atoms with van der Waals surface area (Å²) >= 11 is 4.01. The molecular weight excluding hydrogens is 273 g/mol. The number of rotatable bonds is 6. The normalized spacial score (nSPS) is 9.64. The number of carbonyl (C=O) groups excluding carboxylic acids is 1. The molecular formula is C7H14INOS. The Labute approximate surface area is 86.0 Å². The highest BCUT2D eigenvalue weighted by atomic mass is 127. The fourth-order valence-electron chi connectivity index (χ4n) is 0.578. The summed E-state index contributed by atoms with van der Waals surface area (Å²) in [4.78, 5) is 10.9. The molecule has 0 radical (unpaired) electrons. The van der Waals surface area contributed by atoms with Crippen molar-refractivity contribution in [3.05, 3.63) is 0 Å². The lowest BCUT2D eigenvalue weighted by Crippen LogP contribution is -2.24. The van der Waals surface area contributed by atoms with Crippen molar-refractivity contribution in [2.75, 3.05) is 23.0 Å². The molecule has 0 spiro atoms. The third-order valence-electron chi connectivity index (χ3n) is 1.17. The van der Waals surface area contributed by atoms with E-state index in [0.717, 1.165) is 23.1 Å². The van der Waals surface area contributed by atoms with E-state index in [2.05, 4.69) is 27.9 Å². The molecule has 11 heavy (non-hydrogen) atoms. The van der Waals surface area contributed by atoms with Crippen molar-refractivity contribution in [1.82, 2.24) is 5.32 Å². The quantitative estimate of drug-likeness (QED) is 0.457. The number of thioether (sulfide) groups is 1. The Bertz CT molecular complexity index is 111. The maximum Gasteiger partial charge on any atom is 0.220 e. The molecule has 0 aliphatic rings. The van der Waals surface area contributed by atoms with Crippen molar-refractivity contribution in [3.8, 4) is 0 Å². The maximum atomic E-state index is 10.9. The summed E-state index contributed by atoms with van der Waals surface area (Å²) in [5.41, 5.74) is 0. The van der Waals surface area contributed by atoms with Crippen molar-refractivity contribution in [2.24, 2.45) is 0 Å². The Balaban J connectivity index is 3.09. The molecule has 0 saturated heterocycles. The Morgan fingerprint density at radius 3 is 2.91 bits per heavy atom. The van der Waals surface area contributed by atoms with Crippen LogP contribution in [-0.2, 0) is 4.79 Å². The fourth-order valence-corrected chi connectivity index (χ4v) is 1.35. The highest BCUT2D eigenvalue weighted by molar-refractivity contribution is 14.1. The molecule has 0 aromatic rings. The van der Waals surface area contributed by atoms with Crippen LogP contribution in [0, 0.1) is 0 Å². The first kappa shape index (κ1) is 11.6. The van der Waals surface area contributed by atoms with E-state index >= 15 is 0 Å². The molecule has 0 aliphatic carbocycles. The van der Waals surface area contributed by atoms with E-state index in [9.17, 15) is 4.79 Å². The van der Waals surface area contributed by atoms with Crippen molar-refractivity contribution in [3.63, 3.8) is 0 Å². The predicted octanol–water partition coefficient (Wildman–Crippen LogP) is 1.68. The van der Waals surface area contributed by atoms with Gasteiger partial charge in [-0.3, -0.25) is 4.79 Å². The fraction of sp³-hybridized carbons (Fsp3) is 0.857. The molecule has 0 saturated carbocycles. The average molecular weight is 287 g/mol. The van der Waals surface area contributed by atoms with E-state index in [4.69, 9.17) is 0 Å². The van der Waals surface area contributed by atoms with E-state index in [1.807, 2.05) is 6.26 Å². The molecule has 4 heteroatoms. The van der Waals surface area contributed by atoms with Crippen LogP contribution >= 0.6 is 34.4 Å². The zero-order valence-electron chi connectivity index (χ0n) is 6.73. The summed E-state index contributed by atoms with van der Waals surface area (Å²) in [6.07, 6.45) is 3.74. The molecule has 0 aliphatic heterocycles. The molecule has 0 aromatic heterocycles. The molecule has 0 fully saturated rings. The average Bonchev–Trinajstić information content (AvgIpc) is 2.01. The molecule has 0 bridgehead atoms. The van der Waals surface area contributed by atoms with Gasteiger partial charge in [-0.25, -0.2) is 0 Å². The topological polar surface area (TPSA) is 29.1 Å².